The first kappa shape index (κ1) is 13.4. The molecule has 1 heterocycles. The third-order valence-electron chi connectivity index (χ3n) is 4.52. The van der Waals surface area contributed by atoms with Crippen LogP contribution in [0.2, 0.25) is 0 Å². The van der Waals surface area contributed by atoms with Crippen molar-refractivity contribution in [3.63, 3.8) is 0 Å². The van der Waals surface area contributed by atoms with Gasteiger partial charge in [-0.1, -0.05) is 25.1 Å². The van der Waals surface area contributed by atoms with Crippen molar-refractivity contribution in [2.45, 2.75) is 45.7 Å². The fourth-order valence-corrected chi connectivity index (χ4v) is 2.95. The molecule has 0 bridgehead atoms. The SMILES string of the molecule is CNC(C)c1ccccc1N1CCCC(C)C1C. The lowest BCUT2D eigenvalue weighted by Crippen LogP contribution is -2.43. The summed E-state index contributed by atoms with van der Waals surface area (Å²) < 4.78 is 0. The van der Waals surface area contributed by atoms with Gasteiger partial charge in [0.05, 0.1) is 0 Å². The number of nitrogens with one attached hydrogen (secondary N) is 1. The number of piperidine rings is 1. The van der Waals surface area contributed by atoms with Crippen LogP contribution >= 0.6 is 0 Å². The van der Waals surface area contributed by atoms with Gasteiger partial charge in [0.2, 0.25) is 0 Å². The number of hydrogen-bond donors (Lipinski definition) is 1. The van der Waals surface area contributed by atoms with E-state index in [1.54, 1.807) is 0 Å². The van der Waals surface area contributed by atoms with E-state index in [4.69, 9.17) is 0 Å². The molecular formula is C16H26N2. The molecule has 3 atom stereocenters. The van der Waals surface area contributed by atoms with Crippen LogP contribution in [0.1, 0.15) is 45.2 Å². The van der Waals surface area contributed by atoms with Gasteiger partial charge in [0, 0.05) is 24.3 Å². The fraction of sp³-hybridized carbons (Fsp3) is 0.625. The van der Waals surface area contributed by atoms with Crippen LogP contribution in [0.25, 0.3) is 0 Å². The maximum atomic E-state index is 3.36. The lowest BCUT2D eigenvalue weighted by atomic mass is 9.90. The molecule has 3 unspecified atom stereocenters. The maximum absolute atomic E-state index is 3.36. The number of anilines is 1. The first-order chi connectivity index (χ1) is 8.65. The van der Waals surface area contributed by atoms with Crippen molar-refractivity contribution in [1.82, 2.24) is 5.32 Å². The summed E-state index contributed by atoms with van der Waals surface area (Å²) >= 11 is 0. The molecule has 0 amide bonds. The first-order valence-electron chi connectivity index (χ1n) is 7.18. The van der Waals surface area contributed by atoms with Crippen molar-refractivity contribution < 1.29 is 0 Å². The van der Waals surface area contributed by atoms with Crippen LogP contribution in [0.5, 0.6) is 0 Å². The number of nitrogens with zero attached hydrogens (tertiary/aromatic N) is 1. The van der Waals surface area contributed by atoms with Gasteiger partial charge in [0.25, 0.3) is 0 Å². The number of hydrogen-bond acceptors (Lipinski definition) is 2. The van der Waals surface area contributed by atoms with Crippen LogP contribution in [0, 0.1) is 5.92 Å². The van der Waals surface area contributed by atoms with Crippen molar-refractivity contribution in [2.75, 3.05) is 18.5 Å². The fourth-order valence-electron chi connectivity index (χ4n) is 2.95. The first-order valence-corrected chi connectivity index (χ1v) is 7.18. The highest BCUT2D eigenvalue weighted by molar-refractivity contribution is 5.56. The Morgan fingerprint density at radius 3 is 2.72 bits per heavy atom. The summed E-state index contributed by atoms with van der Waals surface area (Å²) in [5, 5.41) is 3.36. The van der Waals surface area contributed by atoms with E-state index in [-0.39, 0.29) is 0 Å². The van der Waals surface area contributed by atoms with E-state index in [0.717, 1.165) is 5.92 Å². The van der Waals surface area contributed by atoms with Crippen LogP contribution < -0.4 is 10.2 Å². The minimum Gasteiger partial charge on any atom is -0.368 e. The average molecular weight is 246 g/mol. The smallest absolute Gasteiger partial charge is 0.0417 e. The topological polar surface area (TPSA) is 15.3 Å². The lowest BCUT2D eigenvalue weighted by Gasteiger charge is -2.41. The molecule has 1 fully saturated rings. The summed E-state index contributed by atoms with van der Waals surface area (Å²) in [6.45, 7) is 8.17. The van der Waals surface area contributed by atoms with E-state index in [1.807, 2.05) is 7.05 Å². The molecule has 2 rings (SSSR count). The van der Waals surface area contributed by atoms with Crippen LogP contribution in [-0.4, -0.2) is 19.6 Å². The quantitative estimate of drug-likeness (QED) is 0.876. The Morgan fingerprint density at radius 1 is 1.28 bits per heavy atom. The molecule has 0 aromatic heterocycles. The summed E-state index contributed by atoms with van der Waals surface area (Å²) in [7, 11) is 2.03. The van der Waals surface area contributed by atoms with Gasteiger partial charge in [-0.25, -0.2) is 0 Å². The highest BCUT2D eigenvalue weighted by atomic mass is 15.2. The highest BCUT2D eigenvalue weighted by Gasteiger charge is 2.26. The van der Waals surface area contributed by atoms with Gasteiger partial charge in [-0.05, 0) is 51.3 Å². The summed E-state index contributed by atoms with van der Waals surface area (Å²) in [4.78, 5) is 2.59. The number of para-hydroxylation sites is 1. The molecular weight excluding hydrogens is 220 g/mol. The zero-order valence-electron chi connectivity index (χ0n) is 12.1. The van der Waals surface area contributed by atoms with Gasteiger partial charge in [0.15, 0.2) is 0 Å². The highest BCUT2D eigenvalue weighted by Crippen LogP contribution is 2.33. The van der Waals surface area contributed by atoms with Crippen molar-refractivity contribution in [2.24, 2.45) is 5.92 Å². The average Bonchev–Trinajstić information content (AvgIpc) is 2.41. The Morgan fingerprint density at radius 2 is 2.00 bits per heavy atom. The van der Waals surface area contributed by atoms with E-state index in [9.17, 15) is 0 Å². The van der Waals surface area contributed by atoms with Crippen molar-refractivity contribution in [3.8, 4) is 0 Å². The van der Waals surface area contributed by atoms with E-state index < -0.39 is 0 Å². The molecule has 2 nitrogen and oxygen atoms in total. The van der Waals surface area contributed by atoms with Gasteiger partial charge < -0.3 is 10.2 Å². The third kappa shape index (κ3) is 2.54. The lowest BCUT2D eigenvalue weighted by molar-refractivity contribution is 0.362. The third-order valence-corrected chi connectivity index (χ3v) is 4.52. The molecule has 100 valence electrons. The molecule has 0 spiro atoms. The standard InChI is InChI=1S/C16H26N2/c1-12-8-7-11-18(14(12)3)16-10-6-5-9-15(16)13(2)17-4/h5-6,9-10,12-14,17H,7-8,11H2,1-4H3. The molecule has 0 saturated carbocycles. The molecule has 1 aliphatic rings. The Kier molecular flexibility index (Phi) is 4.28. The second-order valence-electron chi connectivity index (χ2n) is 5.62. The molecule has 1 aromatic carbocycles. The van der Waals surface area contributed by atoms with Crippen LogP contribution in [-0.2, 0) is 0 Å². The predicted molar refractivity (Wildman–Crippen MR) is 79.1 cm³/mol. The summed E-state index contributed by atoms with van der Waals surface area (Å²) in [6, 6.07) is 9.88. The van der Waals surface area contributed by atoms with Gasteiger partial charge in [-0.15, -0.1) is 0 Å². The molecule has 1 aromatic rings. The largest absolute Gasteiger partial charge is 0.368 e. The Hall–Kier alpha value is -1.02. The van der Waals surface area contributed by atoms with Crippen molar-refractivity contribution in [3.05, 3.63) is 29.8 Å². The Labute approximate surface area is 111 Å². The summed E-state index contributed by atoms with van der Waals surface area (Å²) in [5.41, 5.74) is 2.83. The minimum absolute atomic E-state index is 0.408. The second kappa shape index (κ2) is 5.75. The molecule has 1 N–H and O–H groups in total. The summed E-state index contributed by atoms with van der Waals surface area (Å²) in [6.07, 6.45) is 2.68. The van der Waals surface area contributed by atoms with E-state index in [1.165, 1.54) is 30.6 Å². The maximum Gasteiger partial charge on any atom is 0.0417 e. The Balaban J connectivity index is 2.32. The second-order valence-corrected chi connectivity index (χ2v) is 5.62. The Bertz CT molecular complexity index is 388. The van der Waals surface area contributed by atoms with Gasteiger partial charge in [-0.2, -0.15) is 0 Å². The molecule has 0 radical (unpaired) electrons. The van der Waals surface area contributed by atoms with Gasteiger partial charge in [0.1, 0.15) is 0 Å². The molecule has 18 heavy (non-hydrogen) atoms. The molecule has 0 aliphatic carbocycles. The van der Waals surface area contributed by atoms with Crippen molar-refractivity contribution >= 4 is 5.69 Å². The van der Waals surface area contributed by atoms with E-state index in [2.05, 4.69) is 55.3 Å². The zero-order chi connectivity index (χ0) is 13.1. The van der Waals surface area contributed by atoms with Gasteiger partial charge >= 0.3 is 0 Å². The van der Waals surface area contributed by atoms with Crippen LogP contribution in [0.4, 0.5) is 5.69 Å². The molecule has 1 saturated heterocycles. The van der Waals surface area contributed by atoms with Crippen LogP contribution in [0.15, 0.2) is 24.3 Å². The van der Waals surface area contributed by atoms with Gasteiger partial charge in [-0.3, -0.25) is 0 Å². The molecule has 1 aliphatic heterocycles. The van der Waals surface area contributed by atoms with E-state index in [0.29, 0.717) is 12.1 Å². The van der Waals surface area contributed by atoms with Crippen molar-refractivity contribution in [1.29, 1.82) is 0 Å². The minimum atomic E-state index is 0.408. The predicted octanol–water partition coefficient (Wildman–Crippen LogP) is 3.59. The van der Waals surface area contributed by atoms with E-state index >= 15 is 0 Å². The summed E-state index contributed by atoms with van der Waals surface area (Å²) in [5.74, 6) is 0.789. The zero-order valence-corrected chi connectivity index (χ0v) is 12.1. The number of rotatable bonds is 3. The monoisotopic (exact) mass is 246 g/mol. The number of benzene rings is 1. The molecule has 2 heteroatoms. The van der Waals surface area contributed by atoms with Crippen LogP contribution in [0.3, 0.4) is 0 Å². The normalized spacial score (nSPS) is 26.1.